The van der Waals surface area contributed by atoms with E-state index in [4.69, 9.17) is 0 Å². The highest BCUT2D eigenvalue weighted by atomic mass is 32.2. The van der Waals surface area contributed by atoms with Crippen LogP contribution in [0.15, 0.2) is 0 Å². The Bertz CT molecular complexity index is 248. The van der Waals surface area contributed by atoms with E-state index in [1.807, 2.05) is 0 Å². The van der Waals surface area contributed by atoms with Gasteiger partial charge in [0.1, 0.15) is 6.54 Å². The molecule has 16 heavy (non-hydrogen) atoms. The van der Waals surface area contributed by atoms with Gasteiger partial charge in [0.25, 0.3) is 5.24 Å². The Morgan fingerprint density at radius 3 is 2.88 bits per heavy atom. The number of nitrogens with zero attached hydrogens (tertiary/aromatic N) is 1. The van der Waals surface area contributed by atoms with Gasteiger partial charge in [0.05, 0.1) is 0 Å². The molecule has 1 saturated heterocycles. The molecule has 0 radical (unpaired) electrons. The number of carbonyl (C=O) groups excluding carboxylic acids is 2. The van der Waals surface area contributed by atoms with E-state index in [0.717, 1.165) is 25.3 Å². The summed E-state index contributed by atoms with van der Waals surface area (Å²) in [5, 5.41) is 5.99. The summed E-state index contributed by atoms with van der Waals surface area (Å²) in [5.41, 5.74) is 0. The van der Waals surface area contributed by atoms with Gasteiger partial charge in [0.15, 0.2) is 0 Å². The Morgan fingerprint density at radius 2 is 2.25 bits per heavy atom. The SMILES string of the molecule is CCCNCCNC(=O)CN1CCSC1=O. The largest absolute Gasteiger partial charge is 0.353 e. The van der Waals surface area contributed by atoms with Gasteiger partial charge >= 0.3 is 0 Å². The summed E-state index contributed by atoms with van der Waals surface area (Å²) in [6.45, 7) is 5.35. The highest BCUT2D eigenvalue weighted by molar-refractivity contribution is 8.13. The van der Waals surface area contributed by atoms with Crippen molar-refractivity contribution in [3.8, 4) is 0 Å². The third kappa shape index (κ3) is 4.85. The first kappa shape index (κ1) is 13.3. The fourth-order valence-corrected chi connectivity index (χ4v) is 2.22. The number of nitrogens with one attached hydrogen (secondary N) is 2. The Morgan fingerprint density at radius 1 is 1.44 bits per heavy atom. The van der Waals surface area contributed by atoms with Crippen LogP contribution in [0, 0.1) is 0 Å². The molecule has 1 heterocycles. The molecule has 0 spiro atoms. The van der Waals surface area contributed by atoms with Crippen LogP contribution in [0.2, 0.25) is 0 Å². The van der Waals surface area contributed by atoms with Crippen LogP contribution in [0.25, 0.3) is 0 Å². The second-order valence-electron chi connectivity index (χ2n) is 3.64. The lowest BCUT2D eigenvalue weighted by Crippen LogP contribution is -2.39. The zero-order chi connectivity index (χ0) is 11.8. The van der Waals surface area contributed by atoms with E-state index in [9.17, 15) is 9.59 Å². The van der Waals surface area contributed by atoms with Crippen LogP contribution in [0.5, 0.6) is 0 Å². The van der Waals surface area contributed by atoms with E-state index < -0.39 is 0 Å². The summed E-state index contributed by atoms with van der Waals surface area (Å²) in [6, 6.07) is 0. The zero-order valence-electron chi connectivity index (χ0n) is 9.62. The average molecular weight is 245 g/mol. The van der Waals surface area contributed by atoms with Crippen LogP contribution in [0.4, 0.5) is 4.79 Å². The molecule has 2 N–H and O–H groups in total. The number of carbonyl (C=O) groups is 2. The predicted molar refractivity (Wildman–Crippen MR) is 65.6 cm³/mol. The minimum absolute atomic E-state index is 0.0132. The molecule has 1 aliphatic heterocycles. The summed E-state index contributed by atoms with van der Waals surface area (Å²) in [4.78, 5) is 24.2. The summed E-state index contributed by atoms with van der Waals surface area (Å²) in [5.74, 6) is 0.721. The quantitative estimate of drug-likeness (QED) is 0.632. The van der Waals surface area contributed by atoms with Crippen molar-refractivity contribution in [2.45, 2.75) is 13.3 Å². The minimum atomic E-state index is -0.0749. The van der Waals surface area contributed by atoms with Gasteiger partial charge in [-0.1, -0.05) is 18.7 Å². The Kier molecular flexibility index (Phi) is 6.25. The second kappa shape index (κ2) is 7.51. The molecule has 0 unspecified atom stereocenters. The van der Waals surface area contributed by atoms with Crippen LogP contribution < -0.4 is 10.6 Å². The van der Waals surface area contributed by atoms with E-state index in [2.05, 4.69) is 17.6 Å². The molecule has 0 atom stereocenters. The lowest BCUT2D eigenvalue weighted by molar-refractivity contribution is -0.121. The Labute approximate surface area is 100 Å². The molecule has 2 amide bonds. The van der Waals surface area contributed by atoms with Gasteiger partial charge in [0.2, 0.25) is 5.91 Å². The number of hydrogen-bond donors (Lipinski definition) is 2. The molecule has 0 saturated carbocycles. The number of hydrogen-bond acceptors (Lipinski definition) is 4. The Hall–Kier alpha value is -0.750. The fourth-order valence-electron chi connectivity index (χ4n) is 1.39. The van der Waals surface area contributed by atoms with Crippen LogP contribution >= 0.6 is 11.8 Å². The molecule has 5 nitrogen and oxygen atoms in total. The minimum Gasteiger partial charge on any atom is -0.353 e. The van der Waals surface area contributed by atoms with Crippen molar-refractivity contribution in [1.82, 2.24) is 15.5 Å². The molecular weight excluding hydrogens is 226 g/mol. The third-order valence-electron chi connectivity index (χ3n) is 2.23. The van der Waals surface area contributed by atoms with E-state index in [1.165, 1.54) is 11.8 Å². The molecule has 0 aromatic rings. The molecule has 0 aliphatic carbocycles. The first-order valence-electron chi connectivity index (χ1n) is 5.63. The van der Waals surface area contributed by atoms with Gasteiger partial charge in [-0.05, 0) is 13.0 Å². The lowest BCUT2D eigenvalue weighted by Gasteiger charge is -2.14. The first-order valence-corrected chi connectivity index (χ1v) is 6.61. The van der Waals surface area contributed by atoms with Gasteiger partial charge in [0, 0.05) is 25.4 Å². The first-order chi connectivity index (χ1) is 7.74. The monoisotopic (exact) mass is 245 g/mol. The van der Waals surface area contributed by atoms with E-state index in [1.54, 1.807) is 4.90 Å². The summed E-state index contributed by atoms with van der Waals surface area (Å²) in [6.07, 6.45) is 1.09. The normalized spacial score (nSPS) is 15.6. The van der Waals surface area contributed by atoms with Gasteiger partial charge in [-0.2, -0.15) is 0 Å². The maximum absolute atomic E-state index is 11.4. The molecule has 1 rings (SSSR count). The predicted octanol–water partition coefficient (Wildman–Crippen LogP) is 0.271. The number of amides is 2. The molecule has 6 heteroatoms. The van der Waals surface area contributed by atoms with E-state index >= 15 is 0 Å². The second-order valence-corrected chi connectivity index (χ2v) is 4.68. The molecular formula is C10H19N3O2S. The van der Waals surface area contributed by atoms with Crippen molar-refractivity contribution in [3.05, 3.63) is 0 Å². The summed E-state index contributed by atoms with van der Waals surface area (Å²) in [7, 11) is 0. The highest BCUT2D eigenvalue weighted by Gasteiger charge is 2.22. The molecule has 92 valence electrons. The molecule has 1 fully saturated rings. The summed E-state index contributed by atoms with van der Waals surface area (Å²) >= 11 is 1.28. The van der Waals surface area contributed by atoms with Crippen LogP contribution in [-0.4, -0.2) is 54.5 Å². The maximum Gasteiger partial charge on any atom is 0.282 e. The van der Waals surface area contributed by atoms with Crippen molar-refractivity contribution < 1.29 is 9.59 Å². The number of rotatable bonds is 7. The average Bonchev–Trinajstić information content (AvgIpc) is 2.64. The van der Waals surface area contributed by atoms with Crippen LogP contribution in [0.1, 0.15) is 13.3 Å². The molecule has 1 aliphatic rings. The molecule has 0 bridgehead atoms. The van der Waals surface area contributed by atoms with Crippen molar-refractivity contribution in [1.29, 1.82) is 0 Å². The van der Waals surface area contributed by atoms with Crippen molar-refractivity contribution in [2.75, 3.05) is 38.5 Å². The molecule has 0 aromatic heterocycles. The molecule has 0 aromatic carbocycles. The van der Waals surface area contributed by atoms with Gasteiger partial charge < -0.3 is 15.5 Å². The van der Waals surface area contributed by atoms with Crippen LogP contribution in [-0.2, 0) is 4.79 Å². The summed E-state index contributed by atoms with van der Waals surface area (Å²) < 4.78 is 0. The van der Waals surface area contributed by atoms with Crippen molar-refractivity contribution in [2.24, 2.45) is 0 Å². The van der Waals surface area contributed by atoms with E-state index in [0.29, 0.717) is 13.1 Å². The fraction of sp³-hybridized carbons (Fsp3) is 0.800. The van der Waals surface area contributed by atoms with Gasteiger partial charge in [-0.3, -0.25) is 9.59 Å². The maximum atomic E-state index is 11.4. The standard InChI is InChI=1S/C10H19N3O2S/c1-2-3-11-4-5-12-9(14)8-13-6-7-16-10(13)15/h11H,2-8H2,1H3,(H,12,14). The van der Waals surface area contributed by atoms with Crippen LogP contribution in [0.3, 0.4) is 0 Å². The lowest BCUT2D eigenvalue weighted by atomic mass is 10.4. The Balaban J connectivity index is 2.04. The zero-order valence-corrected chi connectivity index (χ0v) is 10.4. The van der Waals surface area contributed by atoms with Crippen molar-refractivity contribution >= 4 is 22.9 Å². The van der Waals surface area contributed by atoms with Gasteiger partial charge in [-0.15, -0.1) is 0 Å². The van der Waals surface area contributed by atoms with Gasteiger partial charge in [-0.25, -0.2) is 0 Å². The van der Waals surface area contributed by atoms with Crippen molar-refractivity contribution in [3.63, 3.8) is 0 Å². The van der Waals surface area contributed by atoms with E-state index in [-0.39, 0.29) is 17.7 Å². The smallest absolute Gasteiger partial charge is 0.282 e. The number of thioether (sulfide) groups is 1. The highest BCUT2D eigenvalue weighted by Crippen LogP contribution is 2.16. The topological polar surface area (TPSA) is 61.4 Å². The third-order valence-corrected chi connectivity index (χ3v) is 3.12.